The third kappa shape index (κ3) is 1.55. The highest BCUT2D eigenvalue weighted by Gasteiger charge is 2.16. The van der Waals surface area contributed by atoms with Crippen molar-refractivity contribution in [3.8, 4) is 0 Å². The molecule has 0 unspecified atom stereocenters. The fourth-order valence-electron chi connectivity index (χ4n) is 1.79. The second-order valence-corrected chi connectivity index (χ2v) is 4.45. The first-order valence-electron chi connectivity index (χ1n) is 4.52. The number of aromatic amines is 1. The van der Waals surface area contributed by atoms with E-state index in [9.17, 15) is 4.79 Å². The van der Waals surface area contributed by atoms with Crippen molar-refractivity contribution in [1.82, 2.24) is 4.98 Å². The number of H-pyrrole nitrogens is 1. The van der Waals surface area contributed by atoms with Crippen LogP contribution in [0.5, 0.6) is 0 Å². The molecule has 1 aromatic heterocycles. The molecule has 1 heterocycles. The lowest BCUT2D eigenvalue weighted by Crippen LogP contribution is -1.97. The molecule has 3 nitrogen and oxygen atoms in total. The highest BCUT2D eigenvalue weighted by molar-refractivity contribution is 9.10. The van der Waals surface area contributed by atoms with Crippen LogP contribution in [0.1, 0.15) is 21.6 Å². The minimum absolute atomic E-state index is 0.356. The summed E-state index contributed by atoms with van der Waals surface area (Å²) in [5.74, 6) is -0.892. The summed E-state index contributed by atoms with van der Waals surface area (Å²) in [6.07, 6.45) is 0. The normalized spacial score (nSPS) is 10.9. The molecule has 15 heavy (non-hydrogen) atoms. The second kappa shape index (κ2) is 3.38. The van der Waals surface area contributed by atoms with Crippen LogP contribution >= 0.6 is 15.9 Å². The van der Waals surface area contributed by atoms with Crippen LogP contribution in [0.4, 0.5) is 0 Å². The Kier molecular flexibility index (Phi) is 2.31. The van der Waals surface area contributed by atoms with Gasteiger partial charge in [-0.15, -0.1) is 0 Å². The standard InChI is InChI=1S/C11H10BrNO2/c1-5-3-7-9(11(14)15)6(2)13-10(7)8(12)4-5/h3-4,13H,1-2H3,(H,14,15). The topological polar surface area (TPSA) is 53.1 Å². The van der Waals surface area contributed by atoms with E-state index in [1.54, 1.807) is 6.92 Å². The quantitative estimate of drug-likeness (QED) is 0.834. The van der Waals surface area contributed by atoms with E-state index in [4.69, 9.17) is 5.11 Å². The molecule has 0 radical (unpaired) electrons. The Morgan fingerprint density at radius 3 is 2.67 bits per heavy atom. The molecule has 0 aliphatic carbocycles. The average Bonchev–Trinajstić information content (AvgIpc) is 2.41. The summed E-state index contributed by atoms with van der Waals surface area (Å²) in [5, 5.41) is 9.86. The number of halogens is 1. The number of aromatic carboxylic acids is 1. The van der Waals surface area contributed by atoms with E-state index in [1.807, 2.05) is 19.1 Å². The molecule has 0 saturated carbocycles. The van der Waals surface area contributed by atoms with Crippen LogP contribution < -0.4 is 0 Å². The van der Waals surface area contributed by atoms with Crippen molar-refractivity contribution in [3.05, 3.63) is 33.4 Å². The fraction of sp³-hybridized carbons (Fsp3) is 0.182. The monoisotopic (exact) mass is 267 g/mol. The minimum Gasteiger partial charge on any atom is -0.478 e. The lowest BCUT2D eigenvalue weighted by atomic mass is 10.1. The van der Waals surface area contributed by atoms with Gasteiger partial charge in [-0.25, -0.2) is 4.79 Å². The number of carbonyl (C=O) groups is 1. The van der Waals surface area contributed by atoms with Crippen LogP contribution in [0, 0.1) is 13.8 Å². The van der Waals surface area contributed by atoms with Gasteiger partial charge in [-0.3, -0.25) is 0 Å². The summed E-state index contributed by atoms with van der Waals surface area (Å²) in [4.78, 5) is 14.2. The Morgan fingerprint density at radius 1 is 1.40 bits per heavy atom. The van der Waals surface area contributed by atoms with E-state index >= 15 is 0 Å². The van der Waals surface area contributed by atoms with Crippen molar-refractivity contribution in [2.24, 2.45) is 0 Å². The minimum atomic E-state index is -0.892. The Bertz CT molecular complexity index is 557. The molecule has 78 valence electrons. The number of rotatable bonds is 1. The third-order valence-corrected chi connectivity index (χ3v) is 3.03. The zero-order valence-corrected chi connectivity index (χ0v) is 9.97. The van der Waals surface area contributed by atoms with Crippen LogP contribution in [0.2, 0.25) is 0 Å². The first-order chi connectivity index (χ1) is 7.00. The SMILES string of the molecule is Cc1cc(Br)c2[nH]c(C)c(C(=O)O)c2c1. The summed E-state index contributed by atoms with van der Waals surface area (Å²) in [6, 6.07) is 3.84. The van der Waals surface area contributed by atoms with Gasteiger partial charge in [0.25, 0.3) is 0 Å². The van der Waals surface area contributed by atoms with E-state index in [1.165, 1.54) is 0 Å². The van der Waals surface area contributed by atoms with E-state index in [0.29, 0.717) is 11.3 Å². The van der Waals surface area contributed by atoms with Crippen molar-refractivity contribution in [2.75, 3.05) is 0 Å². The highest BCUT2D eigenvalue weighted by atomic mass is 79.9. The highest BCUT2D eigenvalue weighted by Crippen LogP contribution is 2.29. The van der Waals surface area contributed by atoms with Crippen LogP contribution in [-0.4, -0.2) is 16.1 Å². The number of aryl methyl sites for hydroxylation is 2. The van der Waals surface area contributed by atoms with Crippen molar-refractivity contribution in [1.29, 1.82) is 0 Å². The lowest BCUT2D eigenvalue weighted by molar-refractivity contribution is 0.0698. The van der Waals surface area contributed by atoms with Crippen molar-refractivity contribution in [3.63, 3.8) is 0 Å². The Labute approximate surface area is 95.2 Å². The van der Waals surface area contributed by atoms with Crippen LogP contribution in [0.3, 0.4) is 0 Å². The predicted octanol–water partition coefficient (Wildman–Crippen LogP) is 3.25. The fourth-order valence-corrected chi connectivity index (χ4v) is 2.47. The van der Waals surface area contributed by atoms with Gasteiger partial charge in [0.15, 0.2) is 0 Å². The first kappa shape index (κ1) is 10.2. The van der Waals surface area contributed by atoms with Crippen molar-refractivity contribution < 1.29 is 9.90 Å². The van der Waals surface area contributed by atoms with Crippen LogP contribution in [-0.2, 0) is 0 Å². The molecule has 2 aromatic rings. The van der Waals surface area contributed by atoms with Gasteiger partial charge in [0, 0.05) is 15.6 Å². The largest absolute Gasteiger partial charge is 0.478 e. The van der Waals surface area contributed by atoms with Crippen molar-refractivity contribution in [2.45, 2.75) is 13.8 Å². The average molecular weight is 268 g/mol. The van der Waals surface area contributed by atoms with Crippen molar-refractivity contribution >= 4 is 32.8 Å². The summed E-state index contributed by atoms with van der Waals surface area (Å²) >= 11 is 3.42. The van der Waals surface area contributed by atoms with Gasteiger partial charge in [-0.1, -0.05) is 0 Å². The number of nitrogens with one attached hydrogen (secondary N) is 1. The van der Waals surface area contributed by atoms with Gasteiger partial charge in [0.1, 0.15) is 0 Å². The molecule has 2 rings (SSSR count). The van der Waals surface area contributed by atoms with Gasteiger partial charge < -0.3 is 10.1 Å². The maximum Gasteiger partial charge on any atom is 0.338 e. The van der Waals surface area contributed by atoms with Crippen LogP contribution in [0.15, 0.2) is 16.6 Å². The number of benzene rings is 1. The van der Waals surface area contributed by atoms with Gasteiger partial charge in [0.05, 0.1) is 11.1 Å². The van der Waals surface area contributed by atoms with Gasteiger partial charge in [-0.2, -0.15) is 0 Å². The number of aromatic nitrogens is 1. The molecular formula is C11H10BrNO2. The smallest absolute Gasteiger partial charge is 0.338 e. The number of carboxylic acid groups (broad SMARTS) is 1. The molecule has 0 saturated heterocycles. The summed E-state index contributed by atoms with van der Waals surface area (Å²) in [5.41, 5.74) is 2.92. The molecule has 0 spiro atoms. The zero-order chi connectivity index (χ0) is 11.2. The summed E-state index contributed by atoms with van der Waals surface area (Å²) in [7, 11) is 0. The number of fused-ring (bicyclic) bond motifs is 1. The Balaban J connectivity index is 2.93. The van der Waals surface area contributed by atoms with E-state index < -0.39 is 5.97 Å². The Morgan fingerprint density at radius 2 is 2.07 bits per heavy atom. The lowest BCUT2D eigenvalue weighted by Gasteiger charge is -1.98. The molecule has 1 aromatic carbocycles. The number of carboxylic acids is 1. The second-order valence-electron chi connectivity index (χ2n) is 3.60. The third-order valence-electron chi connectivity index (χ3n) is 2.41. The summed E-state index contributed by atoms with van der Waals surface area (Å²) < 4.78 is 0.896. The van der Waals surface area contributed by atoms with Gasteiger partial charge in [0.2, 0.25) is 0 Å². The molecule has 2 N–H and O–H groups in total. The summed E-state index contributed by atoms with van der Waals surface area (Å²) in [6.45, 7) is 3.71. The van der Waals surface area contributed by atoms with Gasteiger partial charge in [-0.05, 0) is 47.5 Å². The maximum atomic E-state index is 11.1. The van der Waals surface area contributed by atoms with Crippen LogP contribution in [0.25, 0.3) is 10.9 Å². The van der Waals surface area contributed by atoms with E-state index in [2.05, 4.69) is 20.9 Å². The number of hydrogen-bond donors (Lipinski definition) is 2. The molecule has 0 bridgehead atoms. The predicted molar refractivity (Wildman–Crippen MR) is 62.4 cm³/mol. The molecule has 0 atom stereocenters. The zero-order valence-electron chi connectivity index (χ0n) is 8.39. The Hall–Kier alpha value is -1.29. The molecule has 0 aliphatic rings. The molecule has 0 amide bonds. The molecular weight excluding hydrogens is 258 g/mol. The van der Waals surface area contributed by atoms with Gasteiger partial charge >= 0.3 is 5.97 Å². The maximum absolute atomic E-state index is 11.1. The molecule has 0 fully saturated rings. The van der Waals surface area contributed by atoms with E-state index in [0.717, 1.165) is 20.9 Å². The first-order valence-corrected chi connectivity index (χ1v) is 5.31. The van der Waals surface area contributed by atoms with E-state index in [-0.39, 0.29) is 0 Å². The molecule has 0 aliphatic heterocycles. The number of hydrogen-bond acceptors (Lipinski definition) is 1. The molecule has 4 heteroatoms.